The Hall–Kier alpha value is -2.04. The molecule has 1 amide bonds. The van der Waals surface area contributed by atoms with Crippen LogP contribution in [0.3, 0.4) is 0 Å². The van der Waals surface area contributed by atoms with Gasteiger partial charge in [-0.15, -0.1) is 0 Å². The zero-order valence-electron chi connectivity index (χ0n) is 11.5. The number of halogens is 1. The summed E-state index contributed by atoms with van der Waals surface area (Å²) in [6, 6.07) is 12.3. The molecule has 2 rings (SSSR count). The molecule has 0 radical (unpaired) electrons. The van der Waals surface area contributed by atoms with Crippen LogP contribution in [0.5, 0.6) is 0 Å². The summed E-state index contributed by atoms with van der Waals surface area (Å²) in [5.41, 5.74) is 8.27. The summed E-state index contributed by atoms with van der Waals surface area (Å²) < 4.78 is 0. The van der Waals surface area contributed by atoms with Crippen molar-refractivity contribution in [1.82, 2.24) is 0 Å². The van der Waals surface area contributed by atoms with E-state index in [4.69, 9.17) is 22.4 Å². The van der Waals surface area contributed by atoms with Crippen LogP contribution in [0.15, 0.2) is 42.5 Å². The van der Waals surface area contributed by atoms with E-state index in [1.54, 1.807) is 24.3 Å². The second kappa shape index (κ2) is 7.11. The number of anilines is 2. The molecule has 0 aliphatic rings. The lowest BCUT2D eigenvalue weighted by Gasteiger charge is -2.09. The highest BCUT2D eigenvalue weighted by atomic mass is 35.5. The lowest BCUT2D eigenvalue weighted by atomic mass is 10.1. The molecule has 110 valence electrons. The molecule has 0 unspecified atom stereocenters. The number of hydrogen-bond donors (Lipinski definition) is 3. The van der Waals surface area contributed by atoms with Crippen molar-refractivity contribution < 1.29 is 9.90 Å². The predicted octanol–water partition coefficient (Wildman–Crippen LogP) is 3.10. The Morgan fingerprint density at radius 3 is 2.81 bits per heavy atom. The number of nitrogens with one attached hydrogen (secondary N) is 1. The van der Waals surface area contributed by atoms with Crippen LogP contribution >= 0.6 is 11.6 Å². The normalized spacial score (nSPS) is 10.4. The van der Waals surface area contributed by atoms with Gasteiger partial charge in [0.25, 0.3) is 5.91 Å². The Morgan fingerprint density at radius 2 is 2.05 bits per heavy atom. The van der Waals surface area contributed by atoms with Gasteiger partial charge in [-0.2, -0.15) is 0 Å². The summed E-state index contributed by atoms with van der Waals surface area (Å²) in [6.45, 7) is 0.148. The van der Waals surface area contributed by atoms with Gasteiger partial charge < -0.3 is 16.2 Å². The van der Waals surface area contributed by atoms with Crippen molar-refractivity contribution in [3.05, 3.63) is 58.6 Å². The molecule has 4 nitrogen and oxygen atoms in total. The van der Waals surface area contributed by atoms with Gasteiger partial charge in [-0.3, -0.25) is 4.79 Å². The fraction of sp³-hybridized carbons (Fsp3) is 0.188. The highest BCUT2D eigenvalue weighted by Crippen LogP contribution is 2.20. The maximum absolute atomic E-state index is 12.2. The number of aryl methyl sites for hydroxylation is 1. The first-order valence-electron chi connectivity index (χ1n) is 6.66. The van der Waals surface area contributed by atoms with Crippen molar-refractivity contribution in [1.29, 1.82) is 0 Å². The number of benzene rings is 2. The largest absolute Gasteiger partial charge is 0.398 e. The first-order chi connectivity index (χ1) is 10.1. The third kappa shape index (κ3) is 4.21. The van der Waals surface area contributed by atoms with Gasteiger partial charge in [-0.1, -0.05) is 23.7 Å². The summed E-state index contributed by atoms with van der Waals surface area (Å²) in [6.07, 6.45) is 1.46. The minimum absolute atomic E-state index is 0.148. The quantitative estimate of drug-likeness (QED) is 0.743. The molecular formula is C16H17ClN2O2. The first-order valence-corrected chi connectivity index (χ1v) is 7.04. The van der Waals surface area contributed by atoms with Gasteiger partial charge in [-0.25, -0.2) is 0 Å². The lowest BCUT2D eigenvalue weighted by molar-refractivity contribution is 0.102. The van der Waals surface area contributed by atoms with E-state index in [1.165, 1.54) is 0 Å². The topological polar surface area (TPSA) is 75.4 Å². The van der Waals surface area contributed by atoms with Gasteiger partial charge >= 0.3 is 0 Å². The molecule has 2 aromatic carbocycles. The minimum atomic E-state index is -0.297. The number of nitrogen functional groups attached to an aromatic ring is 1. The zero-order chi connectivity index (χ0) is 15.2. The van der Waals surface area contributed by atoms with Crippen LogP contribution < -0.4 is 11.1 Å². The number of hydrogen-bond acceptors (Lipinski definition) is 3. The molecule has 4 N–H and O–H groups in total. The first kappa shape index (κ1) is 15.4. The van der Waals surface area contributed by atoms with Crippen LogP contribution in [0.1, 0.15) is 22.3 Å². The van der Waals surface area contributed by atoms with Crippen molar-refractivity contribution in [3.63, 3.8) is 0 Å². The highest BCUT2D eigenvalue weighted by Gasteiger charge is 2.10. The Bertz CT molecular complexity index is 644. The summed E-state index contributed by atoms with van der Waals surface area (Å²) in [5, 5.41) is 12.1. The summed E-state index contributed by atoms with van der Waals surface area (Å²) in [7, 11) is 0. The van der Waals surface area contributed by atoms with Crippen LogP contribution in [-0.2, 0) is 6.42 Å². The van der Waals surface area contributed by atoms with E-state index < -0.39 is 0 Å². The van der Waals surface area contributed by atoms with E-state index in [2.05, 4.69) is 5.32 Å². The Kier molecular flexibility index (Phi) is 5.20. The SMILES string of the molecule is Nc1ccc(Cl)cc1C(=O)Nc1cccc(CCCO)c1. The van der Waals surface area contributed by atoms with Gasteiger partial charge in [-0.05, 0) is 48.7 Å². The Labute approximate surface area is 128 Å². The lowest BCUT2D eigenvalue weighted by Crippen LogP contribution is -2.14. The molecular weight excluding hydrogens is 288 g/mol. The van der Waals surface area contributed by atoms with Crippen molar-refractivity contribution in [3.8, 4) is 0 Å². The Morgan fingerprint density at radius 1 is 1.24 bits per heavy atom. The monoisotopic (exact) mass is 304 g/mol. The molecule has 5 heteroatoms. The zero-order valence-corrected chi connectivity index (χ0v) is 12.2. The van der Waals surface area contributed by atoms with Crippen molar-refractivity contribution in [2.45, 2.75) is 12.8 Å². The van der Waals surface area contributed by atoms with E-state index in [-0.39, 0.29) is 12.5 Å². The maximum Gasteiger partial charge on any atom is 0.257 e. The number of aliphatic hydroxyl groups is 1. The number of aliphatic hydroxyl groups excluding tert-OH is 1. The van der Waals surface area contributed by atoms with Crippen LogP contribution in [0.25, 0.3) is 0 Å². The van der Waals surface area contributed by atoms with Gasteiger partial charge in [0.15, 0.2) is 0 Å². The van der Waals surface area contributed by atoms with Crippen molar-refractivity contribution in [2.75, 3.05) is 17.7 Å². The smallest absolute Gasteiger partial charge is 0.257 e. The van der Waals surface area contributed by atoms with Gasteiger partial charge in [0.05, 0.1) is 5.56 Å². The highest BCUT2D eigenvalue weighted by molar-refractivity contribution is 6.31. The van der Waals surface area contributed by atoms with Crippen LogP contribution in [0.4, 0.5) is 11.4 Å². The van der Waals surface area contributed by atoms with E-state index in [9.17, 15) is 4.79 Å². The number of carbonyl (C=O) groups excluding carboxylic acids is 1. The van der Waals surface area contributed by atoms with Gasteiger partial charge in [0.1, 0.15) is 0 Å². The molecule has 0 fully saturated rings. The van der Waals surface area contributed by atoms with Crippen molar-refractivity contribution >= 4 is 28.9 Å². The third-order valence-corrected chi connectivity index (χ3v) is 3.30. The van der Waals surface area contributed by atoms with E-state index in [0.29, 0.717) is 28.4 Å². The van der Waals surface area contributed by atoms with Gasteiger partial charge in [0, 0.05) is 23.0 Å². The van der Waals surface area contributed by atoms with E-state index in [0.717, 1.165) is 12.0 Å². The fourth-order valence-electron chi connectivity index (χ4n) is 2.01. The molecule has 2 aromatic rings. The molecule has 0 heterocycles. The average Bonchev–Trinajstić information content (AvgIpc) is 2.48. The average molecular weight is 305 g/mol. The van der Waals surface area contributed by atoms with E-state index in [1.807, 2.05) is 18.2 Å². The molecule has 0 saturated carbocycles. The number of rotatable bonds is 5. The summed E-state index contributed by atoms with van der Waals surface area (Å²) >= 11 is 5.89. The minimum Gasteiger partial charge on any atom is -0.398 e. The molecule has 0 spiro atoms. The second-order valence-corrected chi connectivity index (χ2v) is 5.15. The standard InChI is InChI=1S/C16H17ClN2O2/c17-12-6-7-15(18)14(10-12)16(21)19-13-5-1-3-11(9-13)4-2-8-20/h1,3,5-7,9-10,20H,2,4,8,18H2,(H,19,21). The fourth-order valence-corrected chi connectivity index (χ4v) is 2.18. The van der Waals surface area contributed by atoms with Crippen molar-refractivity contribution in [2.24, 2.45) is 0 Å². The number of amides is 1. The summed E-state index contributed by atoms with van der Waals surface area (Å²) in [5.74, 6) is -0.297. The number of nitrogens with two attached hydrogens (primary N) is 1. The molecule has 0 atom stereocenters. The molecule has 0 bridgehead atoms. The van der Waals surface area contributed by atoms with Crippen LogP contribution in [0.2, 0.25) is 5.02 Å². The molecule has 0 aliphatic carbocycles. The van der Waals surface area contributed by atoms with Gasteiger partial charge in [0.2, 0.25) is 0 Å². The molecule has 0 aromatic heterocycles. The molecule has 21 heavy (non-hydrogen) atoms. The Balaban J connectivity index is 2.14. The number of carbonyl (C=O) groups is 1. The third-order valence-electron chi connectivity index (χ3n) is 3.07. The van der Waals surface area contributed by atoms with Crippen LogP contribution in [-0.4, -0.2) is 17.6 Å². The maximum atomic E-state index is 12.2. The molecule has 0 saturated heterocycles. The molecule has 0 aliphatic heterocycles. The second-order valence-electron chi connectivity index (χ2n) is 4.71. The van der Waals surface area contributed by atoms with Crippen LogP contribution in [0, 0.1) is 0 Å². The van der Waals surface area contributed by atoms with E-state index >= 15 is 0 Å². The summed E-state index contributed by atoms with van der Waals surface area (Å²) in [4.78, 5) is 12.2. The predicted molar refractivity (Wildman–Crippen MR) is 85.7 cm³/mol.